The quantitative estimate of drug-likeness (QED) is 0.907. The molecule has 22 heavy (non-hydrogen) atoms. The van der Waals surface area contributed by atoms with Crippen molar-refractivity contribution in [1.82, 2.24) is 0 Å². The first-order valence-electron chi connectivity index (χ1n) is 8.42. The van der Waals surface area contributed by atoms with Crippen LogP contribution in [-0.2, 0) is 4.74 Å². The molecule has 2 bridgehead atoms. The first-order valence-corrected chi connectivity index (χ1v) is 8.42. The van der Waals surface area contributed by atoms with Crippen LogP contribution in [-0.4, -0.2) is 24.9 Å². The van der Waals surface area contributed by atoms with Gasteiger partial charge in [0.05, 0.1) is 19.3 Å². The van der Waals surface area contributed by atoms with Gasteiger partial charge < -0.3 is 14.6 Å². The molecule has 1 aromatic carbocycles. The van der Waals surface area contributed by atoms with E-state index in [0.717, 1.165) is 25.2 Å². The third-order valence-electron chi connectivity index (χ3n) is 6.86. The standard InChI is InChI=1S/C19H26O3/c1-18(2)13-10-15-16(12-5-4-6-14(9-12)21-3)22-8-7-19(15,11-13)17(18)20/h4-6,9,13,15-17,20H,7-8,10-11H2,1-3H3/t13-,15-,16-,17-,19?/m1/s1. The minimum Gasteiger partial charge on any atom is -0.497 e. The number of rotatable bonds is 2. The van der Waals surface area contributed by atoms with Crippen LogP contribution in [0.5, 0.6) is 5.75 Å². The first kappa shape index (κ1) is 14.5. The fourth-order valence-electron chi connectivity index (χ4n) is 5.57. The van der Waals surface area contributed by atoms with Crippen LogP contribution in [0.3, 0.4) is 0 Å². The van der Waals surface area contributed by atoms with E-state index in [1.54, 1.807) is 7.11 Å². The summed E-state index contributed by atoms with van der Waals surface area (Å²) in [5, 5.41) is 11.0. The van der Waals surface area contributed by atoms with Crippen molar-refractivity contribution < 1.29 is 14.6 Å². The summed E-state index contributed by atoms with van der Waals surface area (Å²) in [6.07, 6.45) is 3.22. The van der Waals surface area contributed by atoms with Crippen LogP contribution in [0, 0.1) is 22.7 Å². The lowest BCUT2D eigenvalue weighted by Crippen LogP contribution is -2.51. The second-order valence-corrected chi connectivity index (χ2v) is 8.02. The van der Waals surface area contributed by atoms with Crippen molar-refractivity contribution in [3.8, 4) is 5.75 Å². The van der Waals surface area contributed by atoms with Crippen molar-refractivity contribution in [2.24, 2.45) is 22.7 Å². The smallest absolute Gasteiger partial charge is 0.119 e. The van der Waals surface area contributed by atoms with Gasteiger partial charge in [0.15, 0.2) is 0 Å². The minimum atomic E-state index is -0.208. The maximum absolute atomic E-state index is 11.0. The SMILES string of the molecule is COc1cccc([C@H]2OCCC34C[C@@H](C[C@H]23)C(C)(C)[C@H]4O)c1. The van der Waals surface area contributed by atoms with Crippen LogP contribution in [0.1, 0.15) is 44.8 Å². The molecule has 1 saturated heterocycles. The van der Waals surface area contributed by atoms with E-state index in [1.807, 2.05) is 12.1 Å². The number of methoxy groups -OCH3 is 1. The van der Waals surface area contributed by atoms with Crippen LogP contribution < -0.4 is 4.74 Å². The Morgan fingerprint density at radius 1 is 1.32 bits per heavy atom. The van der Waals surface area contributed by atoms with E-state index in [2.05, 4.69) is 26.0 Å². The molecule has 3 nitrogen and oxygen atoms in total. The molecular weight excluding hydrogens is 276 g/mol. The predicted octanol–water partition coefficient (Wildman–Crippen LogP) is 3.57. The van der Waals surface area contributed by atoms with Gasteiger partial charge in [-0.3, -0.25) is 0 Å². The Kier molecular flexibility index (Phi) is 3.11. The second kappa shape index (κ2) is 4.72. The summed E-state index contributed by atoms with van der Waals surface area (Å²) in [5.41, 5.74) is 1.30. The number of aliphatic hydroxyl groups excluding tert-OH is 1. The molecule has 120 valence electrons. The Morgan fingerprint density at radius 3 is 2.86 bits per heavy atom. The number of benzene rings is 1. The highest BCUT2D eigenvalue weighted by Gasteiger charge is 2.67. The average Bonchev–Trinajstić information content (AvgIpc) is 3.01. The van der Waals surface area contributed by atoms with Gasteiger partial charge >= 0.3 is 0 Å². The topological polar surface area (TPSA) is 38.7 Å². The number of hydrogen-bond donors (Lipinski definition) is 1. The van der Waals surface area contributed by atoms with Crippen LogP contribution in [0.2, 0.25) is 0 Å². The first-order chi connectivity index (χ1) is 10.5. The van der Waals surface area contributed by atoms with Gasteiger partial charge in [0.1, 0.15) is 5.75 Å². The zero-order valence-corrected chi connectivity index (χ0v) is 13.7. The summed E-state index contributed by atoms with van der Waals surface area (Å²) in [6, 6.07) is 8.23. The highest BCUT2D eigenvalue weighted by molar-refractivity contribution is 5.32. The largest absolute Gasteiger partial charge is 0.497 e. The minimum absolute atomic E-state index is 0.0484. The van der Waals surface area contributed by atoms with Crippen molar-refractivity contribution in [3.63, 3.8) is 0 Å². The van der Waals surface area contributed by atoms with E-state index in [0.29, 0.717) is 11.8 Å². The molecule has 0 amide bonds. The molecule has 1 aromatic rings. The summed E-state index contributed by atoms with van der Waals surface area (Å²) in [6.45, 7) is 5.23. The molecule has 4 rings (SSSR count). The molecule has 0 radical (unpaired) electrons. The fraction of sp³-hybridized carbons (Fsp3) is 0.684. The van der Waals surface area contributed by atoms with Gasteiger partial charge in [-0.1, -0.05) is 26.0 Å². The predicted molar refractivity (Wildman–Crippen MR) is 84.7 cm³/mol. The van der Waals surface area contributed by atoms with E-state index in [-0.39, 0.29) is 23.0 Å². The van der Waals surface area contributed by atoms with Crippen molar-refractivity contribution in [2.75, 3.05) is 13.7 Å². The Hall–Kier alpha value is -1.06. The highest BCUT2D eigenvalue weighted by atomic mass is 16.5. The normalized spacial score (nSPS) is 42.2. The molecule has 3 heteroatoms. The van der Waals surface area contributed by atoms with Gasteiger partial charge in [0, 0.05) is 12.0 Å². The molecule has 1 unspecified atom stereocenters. The van der Waals surface area contributed by atoms with Crippen LogP contribution in [0.4, 0.5) is 0 Å². The summed E-state index contributed by atoms with van der Waals surface area (Å²) >= 11 is 0. The lowest BCUT2D eigenvalue weighted by atomic mass is 9.60. The number of hydrogen-bond acceptors (Lipinski definition) is 3. The van der Waals surface area contributed by atoms with Crippen molar-refractivity contribution in [3.05, 3.63) is 29.8 Å². The average molecular weight is 302 g/mol. The Bertz CT molecular complexity index is 582. The van der Waals surface area contributed by atoms with E-state index < -0.39 is 0 Å². The molecule has 3 fully saturated rings. The Morgan fingerprint density at radius 2 is 2.14 bits per heavy atom. The number of aliphatic hydroxyl groups is 1. The van der Waals surface area contributed by atoms with Crippen LogP contribution >= 0.6 is 0 Å². The van der Waals surface area contributed by atoms with Crippen molar-refractivity contribution in [1.29, 1.82) is 0 Å². The molecule has 3 aliphatic rings. The van der Waals surface area contributed by atoms with Crippen LogP contribution in [0.25, 0.3) is 0 Å². The maximum Gasteiger partial charge on any atom is 0.119 e. The third-order valence-corrected chi connectivity index (χ3v) is 6.86. The van der Waals surface area contributed by atoms with Crippen LogP contribution in [0.15, 0.2) is 24.3 Å². The van der Waals surface area contributed by atoms with E-state index in [1.165, 1.54) is 12.0 Å². The number of ether oxygens (including phenoxy) is 2. The lowest BCUT2D eigenvalue weighted by Gasteiger charge is -2.51. The molecule has 2 saturated carbocycles. The van der Waals surface area contributed by atoms with E-state index in [4.69, 9.17) is 9.47 Å². The molecule has 2 aliphatic carbocycles. The van der Waals surface area contributed by atoms with Gasteiger partial charge in [0.2, 0.25) is 0 Å². The maximum atomic E-state index is 11.0. The summed E-state index contributed by atoms with van der Waals surface area (Å²) in [5.74, 6) is 1.92. The summed E-state index contributed by atoms with van der Waals surface area (Å²) < 4.78 is 11.5. The Balaban J connectivity index is 1.70. The molecule has 1 spiro atoms. The molecule has 1 heterocycles. The number of fused-ring (bicyclic) bond motifs is 1. The summed E-state index contributed by atoms with van der Waals surface area (Å²) in [4.78, 5) is 0. The fourth-order valence-corrected chi connectivity index (χ4v) is 5.57. The van der Waals surface area contributed by atoms with E-state index >= 15 is 0 Å². The molecule has 0 aromatic heterocycles. The molecular formula is C19H26O3. The molecule has 1 N–H and O–H groups in total. The second-order valence-electron chi connectivity index (χ2n) is 8.02. The zero-order chi connectivity index (χ0) is 15.5. The summed E-state index contributed by atoms with van der Waals surface area (Å²) in [7, 11) is 1.70. The van der Waals surface area contributed by atoms with Gasteiger partial charge in [0.25, 0.3) is 0 Å². The zero-order valence-electron chi connectivity index (χ0n) is 13.7. The van der Waals surface area contributed by atoms with Gasteiger partial charge in [-0.25, -0.2) is 0 Å². The van der Waals surface area contributed by atoms with Gasteiger partial charge in [-0.15, -0.1) is 0 Å². The van der Waals surface area contributed by atoms with Crippen molar-refractivity contribution in [2.45, 2.75) is 45.3 Å². The monoisotopic (exact) mass is 302 g/mol. The van der Waals surface area contributed by atoms with Crippen molar-refractivity contribution >= 4 is 0 Å². The van der Waals surface area contributed by atoms with Gasteiger partial charge in [-0.05, 0) is 54.2 Å². The molecule has 1 aliphatic heterocycles. The third kappa shape index (κ3) is 1.75. The molecule has 5 atom stereocenters. The van der Waals surface area contributed by atoms with E-state index in [9.17, 15) is 5.11 Å². The van der Waals surface area contributed by atoms with Gasteiger partial charge in [-0.2, -0.15) is 0 Å². The Labute approximate surface area is 132 Å². The highest BCUT2D eigenvalue weighted by Crippen LogP contribution is 2.70. The lowest BCUT2D eigenvalue weighted by molar-refractivity contribution is -0.164.